The second-order valence-corrected chi connectivity index (χ2v) is 8.25. The van der Waals surface area contributed by atoms with Gasteiger partial charge in [-0.3, -0.25) is 9.59 Å². The van der Waals surface area contributed by atoms with Crippen LogP contribution in [0.25, 0.3) is 6.08 Å². The van der Waals surface area contributed by atoms with Gasteiger partial charge in [-0.2, -0.15) is 13.2 Å². The number of carbonyl (C=O) groups is 2. The van der Waals surface area contributed by atoms with Gasteiger partial charge < -0.3 is 24.8 Å². The van der Waals surface area contributed by atoms with Gasteiger partial charge in [-0.1, -0.05) is 26.8 Å². The second-order valence-electron chi connectivity index (χ2n) is 8.25. The number of anilines is 1. The largest absolute Gasteiger partial charge is 0.493 e. The number of nitrogens with one attached hydrogen (secondary N) is 2. The number of alkyl halides is 3. The Labute approximate surface area is 195 Å². The Morgan fingerprint density at radius 2 is 1.50 bits per heavy atom. The van der Waals surface area contributed by atoms with Gasteiger partial charge in [0.2, 0.25) is 11.7 Å². The maximum absolute atomic E-state index is 13.0. The monoisotopic (exact) mass is 480 g/mol. The maximum Gasteiger partial charge on any atom is 0.416 e. The molecule has 184 valence electrons. The van der Waals surface area contributed by atoms with Crippen molar-refractivity contribution in [2.45, 2.75) is 26.9 Å². The second kappa shape index (κ2) is 10.5. The summed E-state index contributed by atoms with van der Waals surface area (Å²) in [5.74, 6) is -0.326. The van der Waals surface area contributed by atoms with Crippen LogP contribution in [0.15, 0.2) is 42.1 Å². The molecule has 0 unspecified atom stereocenters. The first kappa shape index (κ1) is 26.6. The summed E-state index contributed by atoms with van der Waals surface area (Å²) in [6.07, 6.45) is -3.22. The summed E-state index contributed by atoms with van der Waals surface area (Å²) < 4.78 is 55.0. The Hall–Kier alpha value is -3.69. The number of amides is 2. The summed E-state index contributed by atoms with van der Waals surface area (Å²) in [6.45, 7) is 4.97. The van der Waals surface area contributed by atoms with E-state index < -0.39 is 29.0 Å². The molecule has 2 amide bonds. The molecule has 0 radical (unpaired) electrons. The molecule has 7 nitrogen and oxygen atoms in total. The van der Waals surface area contributed by atoms with Crippen LogP contribution in [-0.2, 0) is 15.8 Å². The third-order valence-corrected chi connectivity index (χ3v) is 4.62. The number of hydrogen-bond acceptors (Lipinski definition) is 5. The Bertz CT molecular complexity index is 1060. The van der Waals surface area contributed by atoms with E-state index in [9.17, 15) is 22.8 Å². The molecule has 0 bridgehead atoms. The molecule has 10 heteroatoms. The van der Waals surface area contributed by atoms with Crippen LogP contribution in [0.5, 0.6) is 17.2 Å². The predicted molar refractivity (Wildman–Crippen MR) is 122 cm³/mol. The van der Waals surface area contributed by atoms with E-state index in [1.165, 1.54) is 39.5 Å². The Balaban J connectivity index is 2.51. The Morgan fingerprint density at radius 3 is 1.97 bits per heavy atom. The van der Waals surface area contributed by atoms with Gasteiger partial charge in [-0.05, 0) is 42.0 Å². The molecule has 2 aromatic rings. The summed E-state index contributed by atoms with van der Waals surface area (Å²) >= 11 is 0. The van der Waals surface area contributed by atoms with Gasteiger partial charge in [0.25, 0.3) is 5.91 Å². The zero-order valence-electron chi connectivity index (χ0n) is 19.7. The minimum Gasteiger partial charge on any atom is -0.493 e. The van der Waals surface area contributed by atoms with Gasteiger partial charge >= 0.3 is 6.18 Å². The topological polar surface area (TPSA) is 85.9 Å². The van der Waals surface area contributed by atoms with Crippen LogP contribution >= 0.6 is 0 Å². The highest BCUT2D eigenvalue weighted by Gasteiger charge is 2.31. The zero-order chi connectivity index (χ0) is 25.7. The van der Waals surface area contributed by atoms with Crippen molar-refractivity contribution in [1.82, 2.24) is 5.32 Å². The SMILES string of the molecule is COc1cc(/C=C(/NC(=O)C(C)(C)C)C(=O)Nc2cccc(C(F)(F)F)c2)cc(OC)c1OC. The number of methoxy groups -OCH3 is 3. The van der Waals surface area contributed by atoms with Crippen molar-refractivity contribution in [3.05, 3.63) is 53.2 Å². The molecule has 2 N–H and O–H groups in total. The van der Waals surface area contributed by atoms with Crippen molar-refractivity contribution in [3.63, 3.8) is 0 Å². The quantitative estimate of drug-likeness (QED) is 0.552. The van der Waals surface area contributed by atoms with Crippen LogP contribution in [-0.4, -0.2) is 33.1 Å². The van der Waals surface area contributed by atoms with Gasteiger partial charge in [0, 0.05) is 11.1 Å². The zero-order valence-corrected chi connectivity index (χ0v) is 19.7. The lowest BCUT2D eigenvalue weighted by molar-refractivity contribution is -0.137. The normalized spacial score (nSPS) is 12.1. The first-order chi connectivity index (χ1) is 15.8. The fourth-order valence-electron chi connectivity index (χ4n) is 2.79. The minimum atomic E-state index is -4.57. The number of ether oxygens (including phenoxy) is 3. The van der Waals surface area contributed by atoms with Gasteiger partial charge in [-0.15, -0.1) is 0 Å². The molecule has 0 fully saturated rings. The van der Waals surface area contributed by atoms with Crippen molar-refractivity contribution in [3.8, 4) is 17.2 Å². The third-order valence-electron chi connectivity index (χ3n) is 4.62. The highest BCUT2D eigenvalue weighted by molar-refractivity contribution is 6.09. The van der Waals surface area contributed by atoms with E-state index in [-0.39, 0.29) is 11.4 Å². The van der Waals surface area contributed by atoms with E-state index in [1.54, 1.807) is 32.9 Å². The standard InChI is InChI=1S/C24H27F3N2O5/c1-23(2,3)22(31)29-17(10-14-11-18(32-4)20(34-6)19(12-14)33-5)21(30)28-16-9-7-8-15(13-16)24(25,26)27/h7-13H,1-6H3,(H,28,30)(H,29,31)/b17-10+. The molecule has 2 aromatic carbocycles. The Morgan fingerprint density at radius 1 is 0.912 bits per heavy atom. The van der Waals surface area contributed by atoms with Crippen LogP contribution in [0.3, 0.4) is 0 Å². The Kier molecular flexibility index (Phi) is 8.20. The average Bonchev–Trinajstić information content (AvgIpc) is 2.76. The van der Waals surface area contributed by atoms with E-state index in [0.717, 1.165) is 12.1 Å². The number of halogens is 3. The summed E-state index contributed by atoms with van der Waals surface area (Å²) in [6, 6.07) is 7.30. The molecule has 0 spiro atoms. The summed E-state index contributed by atoms with van der Waals surface area (Å²) in [5.41, 5.74) is -1.62. The summed E-state index contributed by atoms with van der Waals surface area (Å²) in [5, 5.41) is 4.95. The van der Waals surface area contributed by atoms with Crippen molar-refractivity contribution in [2.75, 3.05) is 26.6 Å². The van der Waals surface area contributed by atoms with Crippen LogP contribution in [0.2, 0.25) is 0 Å². The lowest BCUT2D eigenvalue weighted by Gasteiger charge is -2.20. The third kappa shape index (κ3) is 6.66. The minimum absolute atomic E-state index is 0.0828. The number of hydrogen-bond donors (Lipinski definition) is 2. The maximum atomic E-state index is 13.0. The molecule has 0 atom stereocenters. The van der Waals surface area contributed by atoms with Crippen molar-refractivity contribution < 1.29 is 37.0 Å². The van der Waals surface area contributed by atoms with Crippen molar-refractivity contribution in [2.24, 2.45) is 5.41 Å². The molecule has 0 saturated carbocycles. The van der Waals surface area contributed by atoms with Gasteiger partial charge in [-0.25, -0.2) is 0 Å². The smallest absolute Gasteiger partial charge is 0.416 e. The van der Waals surface area contributed by atoms with Crippen LogP contribution in [0.1, 0.15) is 31.9 Å². The predicted octanol–water partition coefficient (Wildman–Crippen LogP) is 4.87. The summed E-state index contributed by atoms with van der Waals surface area (Å²) in [7, 11) is 4.29. The molecule has 0 aromatic heterocycles. The molecule has 2 rings (SSSR count). The number of carbonyl (C=O) groups excluding carboxylic acids is 2. The van der Waals surface area contributed by atoms with E-state index in [1.807, 2.05) is 0 Å². The number of rotatable bonds is 7. The van der Waals surface area contributed by atoms with Gasteiger partial charge in [0.15, 0.2) is 11.5 Å². The average molecular weight is 480 g/mol. The fourth-order valence-corrected chi connectivity index (χ4v) is 2.79. The van der Waals surface area contributed by atoms with E-state index in [0.29, 0.717) is 22.8 Å². The first-order valence-electron chi connectivity index (χ1n) is 10.1. The van der Waals surface area contributed by atoms with Crippen LogP contribution in [0.4, 0.5) is 18.9 Å². The van der Waals surface area contributed by atoms with Crippen LogP contribution < -0.4 is 24.8 Å². The molecular weight excluding hydrogens is 453 g/mol. The van der Waals surface area contributed by atoms with Crippen molar-refractivity contribution >= 4 is 23.6 Å². The lowest BCUT2D eigenvalue weighted by atomic mass is 9.95. The lowest BCUT2D eigenvalue weighted by Crippen LogP contribution is -2.38. The highest BCUT2D eigenvalue weighted by Crippen LogP contribution is 2.38. The highest BCUT2D eigenvalue weighted by atomic mass is 19.4. The van der Waals surface area contributed by atoms with Gasteiger partial charge in [0.05, 0.1) is 26.9 Å². The summed E-state index contributed by atoms with van der Waals surface area (Å²) in [4.78, 5) is 25.6. The van der Waals surface area contributed by atoms with Crippen molar-refractivity contribution in [1.29, 1.82) is 0 Å². The molecule has 0 heterocycles. The molecular formula is C24H27F3N2O5. The first-order valence-corrected chi connectivity index (χ1v) is 10.1. The van der Waals surface area contributed by atoms with E-state index in [2.05, 4.69) is 10.6 Å². The fraction of sp³-hybridized carbons (Fsp3) is 0.333. The molecule has 0 aliphatic carbocycles. The number of benzene rings is 2. The van der Waals surface area contributed by atoms with Crippen LogP contribution in [0, 0.1) is 5.41 Å². The molecule has 0 saturated heterocycles. The molecule has 0 aliphatic heterocycles. The van der Waals surface area contributed by atoms with Gasteiger partial charge in [0.1, 0.15) is 5.70 Å². The molecule has 0 aliphatic rings. The van der Waals surface area contributed by atoms with E-state index in [4.69, 9.17) is 14.2 Å². The van der Waals surface area contributed by atoms with E-state index >= 15 is 0 Å². The molecule has 34 heavy (non-hydrogen) atoms.